The molecule has 1 aliphatic carbocycles. The molecule has 1 heterocycles. The molecule has 0 radical (unpaired) electrons. The lowest BCUT2D eigenvalue weighted by Gasteiger charge is -2.17. The molecule has 1 N–H and O–H groups in total. The molecule has 1 aliphatic rings. The quantitative estimate of drug-likeness (QED) is 0.659. The molecule has 0 spiro atoms. The molecule has 6 heteroatoms. The fourth-order valence-corrected chi connectivity index (χ4v) is 4.10. The molecular formula is C21H22N4OS. The summed E-state index contributed by atoms with van der Waals surface area (Å²) in [6.07, 6.45) is 2.13. The third-order valence-electron chi connectivity index (χ3n) is 4.54. The molecule has 0 saturated heterocycles. The van der Waals surface area contributed by atoms with Crippen molar-refractivity contribution in [3.05, 3.63) is 71.5 Å². The van der Waals surface area contributed by atoms with Gasteiger partial charge in [-0.05, 0) is 49.9 Å². The van der Waals surface area contributed by atoms with E-state index in [-0.39, 0.29) is 11.2 Å². The lowest BCUT2D eigenvalue weighted by atomic mass is 10.1. The summed E-state index contributed by atoms with van der Waals surface area (Å²) in [6, 6.07) is 18.4. The van der Waals surface area contributed by atoms with E-state index in [0.717, 1.165) is 35.1 Å². The molecule has 1 fully saturated rings. The fourth-order valence-electron chi connectivity index (χ4n) is 2.99. The van der Waals surface area contributed by atoms with Gasteiger partial charge in [-0.1, -0.05) is 54.2 Å². The maximum atomic E-state index is 12.9. The molecule has 0 unspecified atom stereocenters. The van der Waals surface area contributed by atoms with E-state index in [1.807, 2.05) is 54.0 Å². The number of aromatic nitrogens is 3. The summed E-state index contributed by atoms with van der Waals surface area (Å²) in [6.45, 7) is 3.99. The summed E-state index contributed by atoms with van der Waals surface area (Å²) in [7, 11) is 0. The van der Waals surface area contributed by atoms with Crippen LogP contribution < -0.4 is 5.32 Å². The Labute approximate surface area is 163 Å². The van der Waals surface area contributed by atoms with E-state index in [1.165, 1.54) is 17.3 Å². The van der Waals surface area contributed by atoms with E-state index in [9.17, 15) is 4.79 Å². The molecule has 1 saturated carbocycles. The number of aryl methyl sites for hydroxylation is 2. The summed E-state index contributed by atoms with van der Waals surface area (Å²) >= 11 is 1.45. The van der Waals surface area contributed by atoms with Crippen LogP contribution >= 0.6 is 11.8 Å². The van der Waals surface area contributed by atoms with Crippen LogP contribution in [-0.2, 0) is 4.79 Å². The number of carbonyl (C=O) groups is 1. The molecule has 4 rings (SSSR count). The fraction of sp³-hybridized carbons (Fsp3) is 0.286. The van der Waals surface area contributed by atoms with Gasteiger partial charge in [-0.3, -0.25) is 9.36 Å². The largest absolute Gasteiger partial charge is 0.352 e. The van der Waals surface area contributed by atoms with Gasteiger partial charge in [-0.2, -0.15) is 0 Å². The first-order chi connectivity index (χ1) is 13.1. The van der Waals surface area contributed by atoms with Crippen molar-refractivity contribution in [2.45, 2.75) is 43.1 Å². The van der Waals surface area contributed by atoms with Crippen molar-refractivity contribution in [3.63, 3.8) is 0 Å². The Morgan fingerprint density at radius 3 is 2.59 bits per heavy atom. The minimum atomic E-state index is -0.362. The Morgan fingerprint density at radius 2 is 1.89 bits per heavy atom. The lowest BCUT2D eigenvalue weighted by Crippen LogP contribution is -2.29. The number of hydrogen-bond donors (Lipinski definition) is 1. The lowest BCUT2D eigenvalue weighted by molar-refractivity contribution is -0.120. The molecule has 5 nitrogen and oxygen atoms in total. The van der Waals surface area contributed by atoms with E-state index in [2.05, 4.69) is 34.6 Å². The monoisotopic (exact) mass is 378 g/mol. The topological polar surface area (TPSA) is 59.8 Å². The number of nitrogens with one attached hydrogen (secondary N) is 1. The molecule has 1 amide bonds. The standard InChI is InChI=1S/C21H22N4OS/c1-14-7-6-10-18(13-14)25-15(2)23-24-21(25)27-19(16-8-4-3-5-9-16)20(26)22-17-11-12-17/h3-10,13,17,19H,11-12H2,1-2H3,(H,22,26)/t19-/m1/s1. The van der Waals surface area contributed by atoms with Crippen LogP contribution in [-0.4, -0.2) is 26.7 Å². The van der Waals surface area contributed by atoms with Crippen LogP contribution in [0.5, 0.6) is 0 Å². The molecule has 27 heavy (non-hydrogen) atoms. The van der Waals surface area contributed by atoms with Crippen molar-refractivity contribution in [2.24, 2.45) is 0 Å². The maximum Gasteiger partial charge on any atom is 0.238 e. The van der Waals surface area contributed by atoms with Gasteiger partial charge in [0, 0.05) is 11.7 Å². The van der Waals surface area contributed by atoms with Gasteiger partial charge in [0.2, 0.25) is 5.91 Å². The first-order valence-corrected chi connectivity index (χ1v) is 10.0. The average molecular weight is 379 g/mol. The molecule has 0 aliphatic heterocycles. The number of amides is 1. The minimum Gasteiger partial charge on any atom is -0.352 e. The maximum absolute atomic E-state index is 12.9. The van der Waals surface area contributed by atoms with Crippen molar-refractivity contribution < 1.29 is 4.79 Å². The highest BCUT2D eigenvalue weighted by Gasteiger charge is 2.30. The summed E-state index contributed by atoms with van der Waals surface area (Å²) < 4.78 is 2.01. The predicted octanol–water partition coefficient (Wildman–Crippen LogP) is 4.00. The van der Waals surface area contributed by atoms with Crippen LogP contribution in [0.3, 0.4) is 0 Å². The smallest absolute Gasteiger partial charge is 0.238 e. The molecular weight excluding hydrogens is 356 g/mol. The number of carbonyl (C=O) groups excluding carboxylic acids is 1. The minimum absolute atomic E-state index is 0.0325. The van der Waals surface area contributed by atoms with E-state index in [0.29, 0.717) is 6.04 Å². The first kappa shape index (κ1) is 17.8. The second-order valence-electron chi connectivity index (χ2n) is 6.90. The zero-order chi connectivity index (χ0) is 18.8. The third-order valence-corrected chi connectivity index (χ3v) is 5.74. The van der Waals surface area contributed by atoms with Crippen molar-refractivity contribution in [1.29, 1.82) is 0 Å². The Bertz CT molecular complexity index is 950. The van der Waals surface area contributed by atoms with E-state index >= 15 is 0 Å². The molecule has 138 valence electrons. The van der Waals surface area contributed by atoms with Crippen LogP contribution in [0.25, 0.3) is 5.69 Å². The number of nitrogens with zero attached hydrogens (tertiary/aromatic N) is 3. The van der Waals surface area contributed by atoms with Crippen molar-refractivity contribution >= 4 is 17.7 Å². The molecule has 2 aromatic carbocycles. The van der Waals surface area contributed by atoms with Crippen molar-refractivity contribution in [3.8, 4) is 5.69 Å². The number of hydrogen-bond acceptors (Lipinski definition) is 4. The SMILES string of the molecule is Cc1cccc(-n2c(C)nnc2S[C@@H](C(=O)NC2CC2)c2ccccc2)c1. The van der Waals surface area contributed by atoms with Gasteiger partial charge in [-0.25, -0.2) is 0 Å². The molecule has 3 aromatic rings. The highest BCUT2D eigenvalue weighted by atomic mass is 32.2. The van der Waals surface area contributed by atoms with Gasteiger partial charge in [0.25, 0.3) is 0 Å². The van der Waals surface area contributed by atoms with Crippen LogP contribution in [0.1, 0.15) is 35.0 Å². The van der Waals surface area contributed by atoms with Gasteiger partial charge in [0.15, 0.2) is 5.16 Å². The van der Waals surface area contributed by atoms with Crippen LogP contribution in [0.15, 0.2) is 59.8 Å². The van der Waals surface area contributed by atoms with E-state index < -0.39 is 0 Å². The average Bonchev–Trinajstić information content (AvgIpc) is 3.40. The number of thioether (sulfide) groups is 1. The van der Waals surface area contributed by atoms with Gasteiger partial charge >= 0.3 is 0 Å². The normalized spacial score (nSPS) is 14.7. The summed E-state index contributed by atoms with van der Waals surface area (Å²) in [5.41, 5.74) is 3.15. The first-order valence-electron chi connectivity index (χ1n) is 9.13. The Morgan fingerprint density at radius 1 is 1.11 bits per heavy atom. The highest BCUT2D eigenvalue weighted by Crippen LogP contribution is 2.36. The van der Waals surface area contributed by atoms with Crippen LogP contribution in [0.2, 0.25) is 0 Å². The Kier molecular flexibility index (Phi) is 4.99. The summed E-state index contributed by atoms with van der Waals surface area (Å²) in [5.74, 6) is 0.836. The third kappa shape index (κ3) is 4.06. The van der Waals surface area contributed by atoms with Gasteiger partial charge < -0.3 is 5.32 Å². The zero-order valence-electron chi connectivity index (χ0n) is 15.4. The van der Waals surface area contributed by atoms with E-state index in [1.54, 1.807) is 0 Å². The Hall–Kier alpha value is -2.60. The van der Waals surface area contributed by atoms with E-state index in [4.69, 9.17) is 0 Å². The Balaban J connectivity index is 1.68. The molecule has 1 aromatic heterocycles. The van der Waals surface area contributed by atoms with Gasteiger partial charge in [0.05, 0.1) is 0 Å². The van der Waals surface area contributed by atoms with Crippen molar-refractivity contribution in [2.75, 3.05) is 0 Å². The second-order valence-corrected chi connectivity index (χ2v) is 7.97. The molecule has 1 atom stereocenters. The zero-order valence-corrected chi connectivity index (χ0v) is 16.2. The number of rotatable bonds is 6. The summed E-state index contributed by atoms with van der Waals surface area (Å²) in [5, 5.41) is 12.1. The van der Waals surface area contributed by atoms with Crippen molar-refractivity contribution in [1.82, 2.24) is 20.1 Å². The van der Waals surface area contributed by atoms with Gasteiger partial charge in [0.1, 0.15) is 11.1 Å². The number of benzene rings is 2. The predicted molar refractivity (Wildman–Crippen MR) is 107 cm³/mol. The van der Waals surface area contributed by atoms with Crippen LogP contribution in [0.4, 0.5) is 0 Å². The second kappa shape index (κ2) is 7.56. The van der Waals surface area contributed by atoms with Gasteiger partial charge in [-0.15, -0.1) is 10.2 Å². The van der Waals surface area contributed by atoms with Crippen LogP contribution in [0, 0.1) is 13.8 Å². The highest BCUT2D eigenvalue weighted by molar-refractivity contribution is 8.00. The molecule has 0 bridgehead atoms. The summed E-state index contributed by atoms with van der Waals surface area (Å²) in [4.78, 5) is 12.9.